The number of aliphatic hydroxyl groups is 1. The quantitative estimate of drug-likeness (QED) is 0.840. The van der Waals surface area contributed by atoms with Gasteiger partial charge in [0.2, 0.25) is 0 Å². The molecule has 1 aliphatic carbocycles. The molecule has 0 saturated heterocycles. The number of alkyl halides is 3. The first-order valence-electron chi connectivity index (χ1n) is 6.31. The minimum absolute atomic E-state index is 0.0115. The lowest BCUT2D eigenvalue weighted by Crippen LogP contribution is -2.20. The van der Waals surface area contributed by atoms with E-state index in [-0.39, 0.29) is 30.2 Å². The first-order valence-corrected chi connectivity index (χ1v) is 6.31. The van der Waals surface area contributed by atoms with Crippen molar-refractivity contribution in [3.8, 4) is 0 Å². The second-order valence-electron chi connectivity index (χ2n) is 4.81. The largest absolute Gasteiger partial charge is 0.433 e. The summed E-state index contributed by atoms with van der Waals surface area (Å²) in [5.41, 5.74) is -1.02. The van der Waals surface area contributed by atoms with E-state index in [4.69, 9.17) is 5.11 Å². The van der Waals surface area contributed by atoms with Gasteiger partial charge in [-0.15, -0.1) is 0 Å². The summed E-state index contributed by atoms with van der Waals surface area (Å²) in [5.74, 6) is 0.0590. The molecule has 0 aromatic carbocycles. The van der Waals surface area contributed by atoms with Gasteiger partial charge in [0.15, 0.2) is 5.69 Å². The summed E-state index contributed by atoms with van der Waals surface area (Å²) in [6, 6.07) is 0.736. The van der Waals surface area contributed by atoms with E-state index >= 15 is 0 Å². The van der Waals surface area contributed by atoms with Crippen LogP contribution in [0.3, 0.4) is 0 Å². The molecule has 21 heavy (non-hydrogen) atoms. The Morgan fingerprint density at radius 1 is 1.38 bits per heavy atom. The number of nitrogens with one attached hydrogen (secondary N) is 1. The highest BCUT2D eigenvalue weighted by atomic mass is 19.4. The molecule has 112 valence electrons. The minimum Gasteiger partial charge on any atom is -0.396 e. The molecule has 0 amide bonds. The molecule has 0 aliphatic heterocycles. The maximum atomic E-state index is 12.8. The van der Waals surface area contributed by atoms with Crippen molar-refractivity contribution in [3.63, 3.8) is 0 Å². The number of anilines is 1. The molecular weight excluding hydrogens is 287 g/mol. The predicted octanol–water partition coefficient (Wildman–Crippen LogP) is 1.49. The van der Waals surface area contributed by atoms with Crippen LogP contribution in [0.2, 0.25) is 0 Å². The van der Waals surface area contributed by atoms with Crippen LogP contribution in [0.4, 0.5) is 19.0 Å². The van der Waals surface area contributed by atoms with Crippen LogP contribution in [0, 0.1) is 5.92 Å². The Bertz CT molecular complexity index is 681. The zero-order chi connectivity index (χ0) is 15.0. The summed E-state index contributed by atoms with van der Waals surface area (Å²) in [7, 11) is 0. The van der Waals surface area contributed by atoms with Gasteiger partial charge in [0, 0.05) is 24.6 Å². The third-order valence-electron chi connectivity index (χ3n) is 3.28. The van der Waals surface area contributed by atoms with Crippen molar-refractivity contribution in [1.82, 2.24) is 19.6 Å². The standard InChI is InChI=1S/C12H12F3N5O/c13-12(14,15)9-4-10(20-11(19-9)16-6-17-20)18-8-2-1-7(3-8)5-21/h1-2,4,6-8,18,21H,3,5H2/t7-,8+/m0/s1. The number of nitrogens with zero attached hydrogens (tertiary/aromatic N) is 4. The molecule has 0 radical (unpaired) electrons. The van der Waals surface area contributed by atoms with Gasteiger partial charge < -0.3 is 10.4 Å². The third-order valence-corrected chi connectivity index (χ3v) is 3.28. The molecular formula is C12H12F3N5O. The van der Waals surface area contributed by atoms with Gasteiger partial charge in [-0.1, -0.05) is 12.2 Å². The first-order chi connectivity index (χ1) is 9.97. The fourth-order valence-corrected chi connectivity index (χ4v) is 2.27. The molecule has 2 aromatic heterocycles. The van der Waals surface area contributed by atoms with E-state index in [1.807, 2.05) is 12.2 Å². The van der Waals surface area contributed by atoms with Crippen LogP contribution >= 0.6 is 0 Å². The van der Waals surface area contributed by atoms with Crippen LogP contribution < -0.4 is 5.32 Å². The molecule has 0 bridgehead atoms. The topological polar surface area (TPSA) is 75.3 Å². The second-order valence-corrected chi connectivity index (χ2v) is 4.81. The Morgan fingerprint density at radius 3 is 2.86 bits per heavy atom. The van der Waals surface area contributed by atoms with Gasteiger partial charge in [-0.05, 0) is 6.42 Å². The zero-order valence-corrected chi connectivity index (χ0v) is 10.7. The van der Waals surface area contributed by atoms with Crippen molar-refractivity contribution in [3.05, 3.63) is 30.2 Å². The molecule has 0 fully saturated rings. The van der Waals surface area contributed by atoms with E-state index in [0.29, 0.717) is 6.42 Å². The normalized spacial score (nSPS) is 22.1. The van der Waals surface area contributed by atoms with E-state index in [1.54, 1.807) is 0 Å². The SMILES string of the molecule is OC[C@H]1C=C[C@@H](Nc2cc(C(F)(F)F)nc3ncnn23)C1. The van der Waals surface area contributed by atoms with Crippen molar-refractivity contribution >= 4 is 11.6 Å². The highest BCUT2D eigenvalue weighted by Crippen LogP contribution is 2.30. The summed E-state index contributed by atoms with van der Waals surface area (Å²) in [5, 5.41) is 15.9. The Balaban J connectivity index is 1.94. The number of rotatable bonds is 3. The van der Waals surface area contributed by atoms with E-state index in [9.17, 15) is 13.2 Å². The Labute approximate surface area is 117 Å². The van der Waals surface area contributed by atoms with Gasteiger partial charge in [-0.3, -0.25) is 0 Å². The van der Waals surface area contributed by atoms with Crippen molar-refractivity contribution in [2.24, 2.45) is 5.92 Å². The molecule has 9 heteroatoms. The van der Waals surface area contributed by atoms with Crippen LogP contribution in [0.15, 0.2) is 24.5 Å². The smallest absolute Gasteiger partial charge is 0.396 e. The molecule has 6 nitrogen and oxygen atoms in total. The van der Waals surface area contributed by atoms with Gasteiger partial charge in [0.1, 0.15) is 12.1 Å². The maximum absolute atomic E-state index is 12.8. The molecule has 0 saturated carbocycles. The summed E-state index contributed by atoms with van der Waals surface area (Å²) in [6.07, 6.45) is 0.855. The number of hydrogen-bond acceptors (Lipinski definition) is 5. The van der Waals surface area contributed by atoms with Crippen molar-refractivity contribution in [2.75, 3.05) is 11.9 Å². The fraction of sp³-hybridized carbons (Fsp3) is 0.417. The van der Waals surface area contributed by atoms with E-state index in [2.05, 4.69) is 20.4 Å². The summed E-state index contributed by atoms with van der Waals surface area (Å²) >= 11 is 0. The lowest BCUT2D eigenvalue weighted by molar-refractivity contribution is -0.141. The molecule has 2 N–H and O–H groups in total. The number of halogens is 3. The fourth-order valence-electron chi connectivity index (χ4n) is 2.27. The molecule has 1 aliphatic rings. The minimum atomic E-state index is -4.55. The van der Waals surface area contributed by atoms with Crippen LogP contribution in [0.5, 0.6) is 0 Å². The number of hydrogen-bond donors (Lipinski definition) is 2. The van der Waals surface area contributed by atoms with E-state index < -0.39 is 11.9 Å². The van der Waals surface area contributed by atoms with Crippen LogP contribution in [-0.4, -0.2) is 37.3 Å². The average molecular weight is 299 g/mol. The molecule has 2 heterocycles. The van der Waals surface area contributed by atoms with E-state index in [0.717, 1.165) is 12.4 Å². The van der Waals surface area contributed by atoms with E-state index in [1.165, 1.54) is 4.52 Å². The van der Waals surface area contributed by atoms with Crippen molar-refractivity contribution in [2.45, 2.75) is 18.6 Å². The van der Waals surface area contributed by atoms with Crippen LogP contribution in [0.25, 0.3) is 5.78 Å². The summed E-state index contributed by atoms with van der Waals surface area (Å²) in [6.45, 7) is 0.0115. The van der Waals surface area contributed by atoms with Gasteiger partial charge in [0.25, 0.3) is 5.78 Å². The Kier molecular flexibility index (Phi) is 3.28. The number of aromatic nitrogens is 4. The molecule has 3 rings (SSSR count). The lowest BCUT2D eigenvalue weighted by Gasteiger charge is -2.16. The Hall–Kier alpha value is -2.16. The molecule has 2 atom stereocenters. The third kappa shape index (κ3) is 2.68. The highest BCUT2D eigenvalue weighted by Gasteiger charge is 2.34. The summed E-state index contributed by atoms with van der Waals surface area (Å²) < 4.78 is 39.7. The lowest BCUT2D eigenvalue weighted by atomic mass is 10.1. The summed E-state index contributed by atoms with van der Waals surface area (Å²) in [4.78, 5) is 7.14. The number of fused-ring (bicyclic) bond motifs is 1. The van der Waals surface area contributed by atoms with Gasteiger partial charge in [-0.2, -0.15) is 27.8 Å². The van der Waals surface area contributed by atoms with Crippen molar-refractivity contribution in [1.29, 1.82) is 0 Å². The highest BCUT2D eigenvalue weighted by molar-refractivity contribution is 5.47. The molecule has 2 aromatic rings. The van der Waals surface area contributed by atoms with Gasteiger partial charge in [-0.25, -0.2) is 4.98 Å². The van der Waals surface area contributed by atoms with Crippen LogP contribution in [-0.2, 0) is 6.18 Å². The maximum Gasteiger partial charge on any atom is 0.433 e. The molecule has 0 spiro atoms. The monoisotopic (exact) mass is 299 g/mol. The van der Waals surface area contributed by atoms with Gasteiger partial charge >= 0.3 is 6.18 Å². The first kappa shape index (κ1) is 13.8. The molecule has 0 unspecified atom stereocenters. The zero-order valence-electron chi connectivity index (χ0n) is 10.7. The predicted molar refractivity (Wildman–Crippen MR) is 67.5 cm³/mol. The number of aliphatic hydroxyl groups excluding tert-OH is 1. The Morgan fingerprint density at radius 2 is 2.19 bits per heavy atom. The van der Waals surface area contributed by atoms with Crippen LogP contribution in [0.1, 0.15) is 12.1 Å². The second kappa shape index (κ2) is 4.99. The average Bonchev–Trinajstić information content (AvgIpc) is 3.05. The van der Waals surface area contributed by atoms with Gasteiger partial charge in [0.05, 0.1) is 0 Å². The van der Waals surface area contributed by atoms with Crippen molar-refractivity contribution < 1.29 is 18.3 Å².